The van der Waals surface area contributed by atoms with E-state index in [9.17, 15) is 4.79 Å². The molecule has 0 spiro atoms. The first kappa shape index (κ1) is 19.1. The summed E-state index contributed by atoms with van der Waals surface area (Å²) in [5.74, 6) is 1.98. The number of benzene rings is 1. The predicted molar refractivity (Wildman–Crippen MR) is 111 cm³/mol. The van der Waals surface area contributed by atoms with Crippen LogP contribution >= 0.6 is 0 Å². The second kappa shape index (κ2) is 8.43. The maximum atomic E-state index is 12.3. The number of carbonyl (C=O) groups excluding carboxylic acids is 1. The highest BCUT2D eigenvalue weighted by Gasteiger charge is 2.22. The summed E-state index contributed by atoms with van der Waals surface area (Å²) in [6.45, 7) is 5.98. The van der Waals surface area contributed by atoms with Gasteiger partial charge in [-0.25, -0.2) is 4.98 Å². The van der Waals surface area contributed by atoms with Crippen molar-refractivity contribution in [2.45, 2.75) is 26.7 Å². The molecule has 7 heteroatoms. The fourth-order valence-corrected chi connectivity index (χ4v) is 3.68. The Labute approximate surface area is 170 Å². The van der Waals surface area contributed by atoms with E-state index in [1.54, 1.807) is 13.8 Å². The minimum atomic E-state index is -0.187. The largest absolute Gasteiger partial charge is 0.436 e. The summed E-state index contributed by atoms with van der Waals surface area (Å²) in [7, 11) is 0. The Morgan fingerprint density at radius 2 is 1.86 bits per heavy atom. The molecular formula is C22H25N5O2. The number of rotatable bonds is 5. The Hall–Kier alpha value is -3.22. The van der Waals surface area contributed by atoms with Gasteiger partial charge >= 0.3 is 0 Å². The second-order valence-electron chi connectivity index (χ2n) is 7.43. The van der Waals surface area contributed by atoms with Gasteiger partial charge in [0.1, 0.15) is 0 Å². The Morgan fingerprint density at radius 3 is 2.48 bits per heavy atom. The number of nitrogens with zero attached hydrogens (tertiary/aromatic N) is 4. The standard InChI is InChI=1S/C22H25N5O2/c1-15-21(29-16(2)24-15)22(28)23-14-17-10-12-27(13-11-17)20-9-8-19(25-26-20)18-6-4-3-5-7-18/h3-9,17H,10-14H2,1-2H3,(H,23,28). The fraction of sp³-hybridized carbons (Fsp3) is 0.364. The van der Waals surface area contributed by atoms with Gasteiger partial charge in [0.05, 0.1) is 11.4 Å². The van der Waals surface area contributed by atoms with Crippen molar-refractivity contribution in [2.24, 2.45) is 5.92 Å². The zero-order valence-corrected chi connectivity index (χ0v) is 16.8. The van der Waals surface area contributed by atoms with E-state index in [0.29, 0.717) is 29.8 Å². The zero-order valence-electron chi connectivity index (χ0n) is 16.8. The van der Waals surface area contributed by atoms with E-state index in [1.165, 1.54) is 0 Å². The number of carbonyl (C=O) groups is 1. The van der Waals surface area contributed by atoms with Crippen LogP contribution in [0.4, 0.5) is 5.82 Å². The van der Waals surface area contributed by atoms with Crippen molar-refractivity contribution in [3.63, 3.8) is 0 Å². The Kier molecular flexibility index (Phi) is 5.55. The summed E-state index contributed by atoms with van der Waals surface area (Å²) in [5.41, 5.74) is 2.58. The van der Waals surface area contributed by atoms with E-state index in [0.717, 1.165) is 43.0 Å². The van der Waals surface area contributed by atoms with Gasteiger partial charge in [0.2, 0.25) is 5.76 Å². The second-order valence-corrected chi connectivity index (χ2v) is 7.43. The molecule has 150 valence electrons. The van der Waals surface area contributed by atoms with E-state index < -0.39 is 0 Å². The maximum absolute atomic E-state index is 12.3. The normalized spacial score (nSPS) is 14.8. The highest BCUT2D eigenvalue weighted by atomic mass is 16.4. The number of piperidine rings is 1. The zero-order chi connectivity index (χ0) is 20.2. The molecule has 3 aromatic rings. The van der Waals surface area contributed by atoms with Gasteiger partial charge in [0.25, 0.3) is 5.91 Å². The molecule has 7 nitrogen and oxygen atoms in total. The molecule has 0 atom stereocenters. The molecule has 3 heterocycles. The molecule has 1 fully saturated rings. The molecule has 2 aromatic heterocycles. The van der Waals surface area contributed by atoms with Crippen LogP contribution in [0.2, 0.25) is 0 Å². The van der Waals surface area contributed by atoms with Crippen LogP contribution in [0, 0.1) is 19.8 Å². The van der Waals surface area contributed by atoms with Crippen molar-refractivity contribution in [3.8, 4) is 11.3 Å². The van der Waals surface area contributed by atoms with Crippen LogP contribution in [-0.4, -0.2) is 40.7 Å². The van der Waals surface area contributed by atoms with Gasteiger partial charge in [0.15, 0.2) is 11.7 Å². The monoisotopic (exact) mass is 391 g/mol. The SMILES string of the molecule is Cc1nc(C)c(C(=O)NCC2CCN(c3ccc(-c4ccccc4)nn3)CC2)o1. The van der Waals surface area contributed by atoms with E-state index in [2.05, 4.69) is 25.4 Å². The third-order valence-corrected chi connectivity index (χ3v) is 5.32. The molecule has 1 aliphatic heterocycles. The minimum Gasteiger partial charge on any atom is -0.436 e. The number of aryl methyl sites for hydroxylation is 2. The first-order chi connectivity index (χ1) is 14.1. The molecule has 1 aliphatic rings. The van der Waals surface area contributed by atoms with E-state index in [-0.39, 0.29) is 5.91 Å². The molecule has 29 heavy (non-hydrogen) atoms. The van der Waals surface area contributed by atoms with Gasteiger partial charge in [-0.1, -0.05) is 30.3 Å². The highest BCUT2D eigenvalue weighted by molar-refractivity contribution is 5.92. The lowest BCUT2D eigenvalue weighted by Crippen LogP contribution is -2.39. The first-order valence-electron chi connectivity index (χ1n) is 9.96. The lowest BCUT2D eigenvalue weighted by molar-refractivity contribution is 0.0915. The number of hydrogen-bond acceptors (Lipinski definition) is 6. The number of oxazole rings is 1. The van der Waals surface area contributed by atoms with E-state index >= 15 is 0 Å². The fourth-order valence-electron chi connectivity index (χ4n) is 3.68. The summed E-state index contributed by atoms with van der Waals surface area (Å²) in [4.78, 5) is 18.7. The molecule has 4 rings (SSSR count). The third kappa shape index (κ3) is 4.45. The lowest BCUT2D eigenvalue weighted by Gasteiger charge is -2.32. The minimum absolute atomic E-state index is 0.187. The van der Waals surface area contributed by atoms with Crippen LogP contribution in [0.5, 0.6) is 0 Å². The van der Waals surface area contributed by atoms with Crippen LogP contribution in [0.1, 0.15) is 35.0 Å². The van der Waals surface area contributed by atoms with Crippen LogP contribution in [0.3, 0.4) is 0 Å². The van der Waals surface area contributed by atoms with Crippen LogP contribution < -0.4 is 10.2 Å². The van der Waals surface area contributed by atoms with E-state index in [1.807, 2.05) is 42.5 Å². The van der Waals surface area contributed by atoms with Gasteiger partial charge in [-0.05, 0) is 37.8 Å². The molecule has 0 unspecified atom stereocenters. The van der Waals surface area contributed by atoms with Crippen LogP contribution in [-0.2, 0) is 0 Å². The third-order valence-electron chi connectivity index (χ3n) is 5.32. The molecular weight excluding hydrogens is 366 g/mol. The van der Waals surface area contributed by atoms with Crippen LogP contribution in [0.15, 0.2) is 46.9 Å². The maximum Gasteiger partial charge on any atom is 0.289 e. The summed E-state index contributed by atoms with van der Waals surface area (Å²) in [6.07, 6.45) is 1.99. The molecule has 0 aliphatic carbocycles. The number of hydrogen-bond donors (Lipinski definition) is 1. The lowest BCUT2D eigenvalue weighted by atomic mass is 9.96. The van der Waals surface area contributed by atoms with Gasteiger partial charge in [-0.15, -0.1) is 10.2 Å². The molecule has 1 amide bonds. The summed E-state index contributed by atoms with van der Waals surface area (Å²) in [5, 5.41) is 11.8. The summed E-state index contributed by atoms with van der Waals surface area (Å²) >= 11 is 0. The van der Waals surface area contributed by atoms with Gasteiger partial charge < -0.3 is 14.6 Å². The van der Waals surface area contributed by atoms with Gasteiger partial charge in [-0.2, -0.15) is 0 Å². The molecule has 0 saturated carbocycles. The molecule has 1 N–H and O–H groups in total. The van der Waals surface area contributed by atoms with E-state index in [4.69, 9.17) is 4.42 Å². The topological polar surface area (TPSA) is 84.2 Å². The van der Waals surface area contributed by atoms with Crippen molar-refractivity contribution in [1.82, 2.24) is 20.5 Å². The molecule has 1 aromatic carbocycles. The number of anilines is 1. The quantitative estimate of drug-likeness (QED) is 0.718. The van der Waals surface area contributed by atoms with Crippen molar-refractivity contribution in [1.29, 1.82) is 0 Å². The predicted octanol–water partition coefficient (Wildman–Crippen LogP) is 3.39. The van der Waals surface area contributed by atoms with Crippen molar-refractivity contribution < 1.29 is 9.21 Å². The number of aromatic nitrogens is 3. The smallest absolute Gasteiger partial charge is 0.289 e. The summed E-state index contributed by atoms with van der Waals surface area (Å²) in [6, 6.07) is 14.1. The van der Waals surface area contributed by atoms with Crippen LogP contribution in [0.25, 0.3) is 11.3 Å². The number of amides is 1. The van der Waals surface area contributed by atoms with Crippen molar-refractivity contribution >= 4 is 11.7 Å². The summed E-state index contributed by atoms with van der Waals surface area (Å²) < 4.78 is 5.39. The van der Waals surface area contributed by atoms with Crippen molar-refractivity contribution in [3.05, 3.63) is 59.8 Å². The average molecular weight is 391 g/mol. The van der Waals surface area contributed by atoms with Crippen molar-refractivity contribution in [2.75, 3.05) is 24.5 Å². The Bertz CT molecular complexity index is 961. The van der Waals surface area contributed by atoms with Gasteiger partial charge in [-0.3, -0.25) is 4.79 Å². The number of nitrogens with one attached hydrogen (secondary N) is 1. The molecule has 0 radical (unpaired) electrons. The molecule has 0 bridgehead atoms. The molecule has 1 saturated heterocycles. The average Bonchev–Trinajstić information content (AvgIpc) is 3.11. The highest BCUT2D eigenvalue weighted by Crippen LogP contribution is 2.23. The van der Waals surface area contributed by atoms with Gasteiger partial charge in [0, 0.05) is 32.1 Å². The Balaban J connectivity index is 1.28. The Morgan fingerprint density at radius 1 is 1.10 bits per heavy atom. The first-order valence-corrected chi connectivity index (χ1v) is 9.96.